The van der Waals surface area contributed by atoms with Gasteiger partial charge in [0.25, 0.3) is 0 Å². The van der Waals surface area contributed by atoms with Crippen LogP contribution in [0.5, 0.6) is 0 Å². The van der Waals surface area contributed by atoms with Crippen molar-refractivity contribution in [2.45, 2.75) is 45.6 Å². The molecule has 1 heterocycles. The first-order chi connectivity index (χ1) is 10.1. The van der Waals surface area contributed by atoms with Gasteiger partial charge in [0.15, 0.2) is 0 Å². The van der Waals surface area contributed by atoms with E-state index in [1.807, 2.05) is 4.90 Å². The number of benzene rings is 1. The lowest BCUT2D eigenvalue weighted by Crippen LogP contribution is -2.43. The number of nitrogens with one attached hydrogen (secondary N) is 1. The Morgan fingerprint density at radius 1 is 1.24 bits per heavy atom. The normalized spacial score (nSPS) is 23.9. The number of hydrogen-bond donors (Lipinski definition) is 1. The van der Waals surface area contributed by atoms with Gasteiger partial charge < -0.3 is 10.2 Å². The van der Waals surface area contributed by atoms with E-state index in [4.69, 9.17) is 0 Å². The van der Waals surface area contributed by atoms with Crippen LogP contribution < -0.4 is 5.32 Å². The van der Waals surface area contributed by atoms with Gasteiger partial charge in [-0.05, 0) is 42.2 Å². The van der Waals surface area contributed by atoms with Crippen LogP contribution in [0.15, 0.2) is 24.3 Å². The standard InChI is InChI=1S/C18H26N2O/c1-18(2)12-14-8-4-5-9-15(14)17(18)19-13-16(21)20-10-6-3-7-11-20/h4-5,8-9,17,19H,3,6-7,10-13H2,1-2H3. The third-order valence-electron chi connectivity index (χ3n) is 4.96. The first kappa shape index (κ1) is 14.6. The number of nitrogens with zero attached hydrogens (tertiary/aromatic N) is 1. The molecule has 0 radical (unpaired) electrons. The molecule has 0 bridgehead atoms. The van der Waals surface area contributed by atoms with Crippen LogP contribution in [0.2, 0.25) is 0 Å². The molecule has 3 rings (SSSR count). The highest BCUT2D eigenvalue weighted by atomic mass is 16.2. The van der Waals surface area contributed by atoms with E-state index in [0.717, 1.165) is 32.4 Å². The van der Waals surface area contributed by atoms with E-state index in [9.17, 15) is 4.79 Å². The minimum atomic E-state index is 0.172. The van der Waals surface area contributed by atoms with Crippen LogP contribution in [0, 0.1) is 5.41 Å². The molecule has 1 amide bonds. The maximum atomic E-state index is 12.3. The molecule has 0 spiro atoms. The predicted molar refractivity (Wildman–Crippen MR) is 85.1 cm³/mol. The van der Waals surface area contributed by atoms with E-state index in [0.29, 0.717) is 6.54 Å². The molecule has 1 fully saturated rings. The fourth-order valence-corrected chi connectivity index (χ4v) is 3.82. The second kappa shape index (κ2) is 5.80. The Morgan fingerprint density at radius 2 is 1.95 bits per heavy atom. The second-order valence-electron chi connectivity index (χ2n) is 7.12. The number of amides is 1. The molecule has 0 aromatic heterocycles. The fraction of sp³-hybridized carbons (Fsp3) is 0.611. The number of piperidine rings is 1. The van der Waals surface area contributed by atoms with Crippen molar-refractivity contribution in [3.63, 3.8) is 0 Å². The van der Waals surface area contributed by atoms with E-state index >= 15 is 0 Å². The quantitative estimate of drug-likeness (QED) is 0.926. The van der Waals surface area contributed by atoms with Gasteiger partial charge in [0.2, 0.25) is 5.91 Å². The number of carbonyl (C=O) groups is 1. The maximum Gasteiger partial charge on any atom is 0.236 e. The smallest absolute Gasteiger partial charge is 0.236 e. The molecule has 114 valence electrons. The third kappa shape index (κ3) is 2.98. The van der Waals surface area contributed by atoms with E-state index in [1.54, 1.807) is 0 Å². The molecular weight excluding hydrogens is 260 g/mol. The van der Waals surface area contributed by atoms with Gasteiger partial charge in [0.05, 0.1) is 6.54 Å². The van der Waals surface area contributed by atoms with Crippen molar-refractivity contribution in [3.05, 3.63) is 35.4 Å². The summed E-state index contributed by atoms with van der Waals surface area (Å²) in [4.78, 5) is 14.4. The molecule has 1 N–H and O–H groups in total. The van der Waals surface area contributed by atoms with Gasteiger partial charge in [0.1, 0.15) is 0 Å². The Hall–Kier alpha value is -1.35. The largest absolute Gasteiger partial charge is 0.342 e. The zero-order valence-electron chi connectivity index (χ0n) is 13.2. The lowest BCUT2D eigenvalue weighted by atomic mass is 9.85. The Bertz CT molecular complexity index is 518. The summed E-state index contributed by atoms with van der Waals surface area (Å²) in [5.41, 5.74) is 2.96. The predicted octanol–water partition coefficient (Wildman–Crippen LogP) is 2.91. The Kier molecular flexibility index (Phi) is 4.03. The zero-order chi connectivity index (χ0) is 14.9. The van der Waals surface area contributed by atoms with Crippen LogP contribution in [0.4, 0.5) is 0 Å². The monoisotopic (exact) mass is 286 g/mol. The number of likely N-dealkylation sites (tertiary alicyclic amines) is 1. The van der Waals surface area contributed by atoms with Crippen molar-refractivity contribution in [3.8, 4) is 0 Å². The summed E-state index contributed by atoms with van der Waals surface area (Å²) in [5.74, 6) is 0.259. The van der Waals surface area contributed by atoms with Gasteiger partial charge >= 0.3 is 0 Å². The molecule has 1 aromatic carbocycles. The summed E-state index contributed by atoms with van der Waals surface area (Å²) < 4.78 is 0. The van der Waals surface area contributed by atoms with Crippen LogP contribution in [0.1, 0.15) is 50.3 Å². The number of fused-ring (bicyclic) bond motifs is 1. The van der Waals surface area contributed by atoms with E-state index < -0.39 is 0 Å². The average molecular weight is 286 g/mol. The van der Waals surface area contributed by atoms with Crippen LogP contribution in [0.3, 0.4) is 0 Å². The number of carbonyl (C=O) groups excluding carboxylic acids is 1. The second-order valence-corrected chi connectivity index (χ2v) is 7.12. The van der Waals surface area contributed by atoms with Crippen LogP contribution in [-0.4, -0.2) is 30.4 Å². The SMILES string of the molecule is CC1(C)Cc2ccccc2C1NCC(=O)N1CCCCC1. The van der Waals surface area contributed by atoms with Gasteiger partial charge in [-0.15, -0.1) is 0 Å². The van der Waals surface area contributed by atoms with Gasteiger partial charge in [-0.1, -0.05) is 38.1 Å². The minimum Gasteiger partial charge on any atom is -0.342 e. The highest BCUT2D eigenvalue weighted by Crippen LogP contribution is 2.44. The van der Waals surface area contributed by atoms with Crippen LogP contribution >= 0.6 is 0 Å². The van der Waals surface area contributed by atoms with Crippen molar-refractivity contribution in [2.24, 2.45) is 5.41 Å². The Balaban J connectivity index is 1.65. The van der Waals surface area contributed by atoms with Crippen molar-refractivity contribution in [1.29, 1.82) is 0 Å². The van der Waals surface area contributed by atoms with Gasteiger partial charge in [0, 0.05) is 19.1 Å². The summed E-state index contributed by atoms with van der Waals surface area (Å²) in [5, 5.41) is 3.53. The fourth-order valence-electron chi connectivity index (χ4n) is 3.82. The lowest BCUT2D eigenvalue weighted by molar-refractivity contribution is -0.131. The Morgan fingerprint density at radius 3 is 2.71 bits per heavy atom. The van der Waals surface area contributed by atoms with Gasteiger partial charge in [-0.25, -0.2) is 0 Å². The first-order valence-electron chi connectivity index (χ1n) is 8.17. The highest BCUT2D eigenvalue weighted by molar-refractivity contribution is 5.78. The van der Waals surface area contributed by atoms with E-state index in [1.165, 1.54) is 17.5 Å². The number of hydrogen-bond acceptors (Lipinski definition) is 2. The molecule has 2 aliphatic rings. The lowest BCUT2D eigenvalue weighted by Gasteiger charge is -2.31. The molecule has 1 aromatic rings. The topological polar surface area (TPSA) is 32.3 Å². The van der Waals surface area contributed by atoms with Gasteiger partial charge in [-0.2, -0.15) is 0 Å². The molecule has 1 aliphatic carbocycles. The highest BCUT2D eigenvalue weighted by Gasteiger charge is 2.38. The van der Waals surface area contributed by atoms with E-state index in [-0.39, 0.29) is 17.4 Å². The van der Waals surface area contributed by atoms with Crippen molar-refractivity contribution in [2.75, 3.05) is 19.6 Å². The van der Waals surface area contributed by atoms with Gasteiger partial charge in [-0.3, -0.25) is 4.79 Å². The third-order valence-corrected chi connectivity index (χ3v) is 4.96. The van der Waals surface area contributed by atoms with Crippen LogP contribution in [0.25, 0.3) is 0 Å². The molecule has 3 nitrogen and oxygen atoms in total. The minimum absolute atomic E-state index is 0.172. The average Bonchev–Trinajstić information content (AvgIpc) is 2.75. The Labute approximate surface area is 127 Å². The van der Waals surface area contributed by atoms with Crippen molar-refractivity contribution in [1.82, 2.24) is 10.2 Å². The molecule has 3 heteroatoms. The van der Waals surface area contributed by atoms with Crippen molar-refractivity contribution >= 4 is 5.91 Å². The van der Waals surface area contributed by atoms with Crippen molar-refractivity contribution < 1.29 is 4.79 Å². The van der Waals surface area contributed by atoms with E-state index in [2.05, 4.69) is 43.4 Å². The summed E-state index contributed by atoms with van der Waals surface area (Å²) in [6, 6.07) is 8.90. The summed E-state index contributed by atoms with van der Waals surface area (Å²) in [6.07, 6.45) is 4.66. The zero-order valence-corrected chi connectivity index (χ0v) is 13.2. The summed E-state index contributed by atoms with van der Waals surface area (Å²) in [6.45, 7) is 6.91. The molecule has 1 unspecified atom stereocenters. The summed E-state index contributed by atoms with van der Waals surface area (Å²) in [7, 11) is 0. The molecule has 1 atom stereocenters. The molecule has 1 saturated heterocycles. The molecule has 0 saturated carbocycles. The molecule has 1 aliphatic heterocycles. The number of rotatable bonds is 3. The maximum absolute atomic E-state index is 12.3. The molecular formula is C18H26N2O. The first-order valence-corrected chi connectivity index (χ1v) is 8.17. The summed E-state index contributed by atoms with van der Waals surface area (Å²) >= 11 is 0. The molecule has 21 heavy (non-hydrogen) atoms. The van der Waals surface area contributed by atoms with Crippen LogP contribution in [-0.2, 0) is 11.2 Å².